The Labute approximate surface area is 166 Å². The molecule has 0 saturated carbocycles. The molecule has 9 heteroatoms. The van der Waals surface area contributed by atoms with Crippen molar-refractivity contribution in [3.8, 4) is 0 Å². The molecule has 0 spiro atoms. The molecule has 1 fully saturated rings. The molecule has 2 aromatic rings. The van der Waals surface area contributed by atoms with E-state index in [1.807, 2.05) is 9.80 Å². The molecule has 0 bridgehead atoms. The second-order valence-corrected chi connectivity index (χ2v) is 6.92. The Bertz CT molecular complexity index is 809. The number of alkyl halides is 3. The SMILES string of the molecule is O=C(CN1CCCN(c2ccc(C(F)(F)F)cn2)CC1)NCc1ccc(F)cc1. The Morgan fingerprint density at radius 1 is 1.03 bits per heavy atom. The van der Waals surface area contributed by atoms with Crippen LogP contribution in [0.15, 0.2) is 42.6 Å². The van der Waals surface area contributed by atoms with Gasteiger partial charge in [0.05, 0.1) is 12.1 Å². The fourth-order valence-electron chi connectivity index (χ4n) is 3.16. The average molecular weight is 410 g/mol. The van der Waals surface area contributed by atoms with Crippen molar-refractivity contribution in [3.63, 3.8) is 0 Å². The molecule has 156 valence electrons. The van der Waals surface area contributed by atoms with Crippen molar-refractivity contribution in [1.29, 1.82) is 0 Å². The van der Waals surface area contributed by atoms with Crippen LogP contribution in [0.1, 0.15) is 17.5 Å². The molecule has 1 aliphatic rings. The lowest BCUT2D eigenvalue weighted by Crippen LogP contribution is -2.39. The van der Waals surface area contributed by atoms with Crippen LogP contribution in [0.5, 0.6) is 0 Å². The molecule has 29 heavy (non-hydrogen) atoms. The molecule has 1 aliphatic heterocycles. The second-order valence-electron chi connectivity index (χ2n) is 6.92. The Kier molecular flexibility index (Phi) is 6.68. The van der Waals surface area contributed by atoms with Gasteiger partial charge in [-0.2, -0.15) is 13.2 Å². The van der Waals surface area contributed by atoms with Crippen LogP contribution in [-0.4, -0.2) is 48.5 Å². The number of hydrogen-bond acceptors (Lipinski definition) is 4. The van der Waals surface area contributed by atoms with Gasteiger partial charge in [0.1, 0.15) is 11.6 Å². The summed E-state index contributed by atoms with van der Waals surface area (Å²) in [7, 11) is 0. The first-order valence-electron chi connectivity index (χ1n) is 9.33. The topological polar surface area (TPSA) is 48.5 Å². The van der Waals surface area contributed by atoms with E-state index >= 15 is 0 Å². The minimum atomic E-state index is -4.40. The minimum absolute atomic E-state index is 0.129. The molecule has 0 radical (unpaired) electrons. The zero-order valence-electron chi connectivity index (χ0n) is 15.8. The lowest BCUT2D eigenvalue weighted by Gasteiger charge is -2.22. The fourth-order valence-corrected chi connectivity index (χ4v) is 3.16. The van der Waals surface area contributed by atoms with Crippen molar-refractivity contribution in [2.24, 2.45) is 0 Å². The van der Waals surface area contributed by atoms with Crippen LogP contribution < -0.4 is 10.2 Å². The highest BCUT2D eigenvalue weighted by molar-refractivity contribution is 5.78. The van der Waals surface area contributed by atoms with Gasteiger partial charge in [0, 0.05) is 38.9 Å². The zero-order valence-corrected chi connectivity index (χ0v) is 15.8. The van der Waals surface area contributed by atoms with E-state index in [1.165, 1.54) is 18.2 Å². The standard InChI is InChI=1S/C20H22F4N4O/c21-17-5-2-15(3-6-17)12-26-19(29)14-27-8-1-9-28(11-10-27)18-7-4-16(13-25-18)20(22,23)24/h2-7,13H,1,8-12,14H2,(H,26,29). The van der Waals surface area contributed by atoms with Crippen LogP contribution in [0.25, 0.3) is 0 Å². The van der Waals surface area contributed by atoms with Crippen molar-refractivity contribution >= 4 is 11.7 Å². The monoisotopic (exact) mass is 410 g/mol. The third-order valence-corrected chi connectivity index (χ3v) is 4.76. The van der Waals surface area contributed by atoms with Crippen LogP contribution in [-0.2, 0) is 17.5 Å². The van der Waals surface area contributed by atoms with E-state index in [2.05, 4.69) is 10.3 Å². The van der Waals surface area contributed by atoms with E-state index in [0.717, 1.165) is 24.2 Å². The summed E-state index contributed by atoms with van der Waals surface area (Å²) in [6, 6.07) is 8.36. The van der Waals surface area contributed by atoms with Crippen molar-refractivity contribution < 1.29 is 22.4 Å². The van der Waals surface area contributed by atoms with E-state index in [4.69, 9.17) is 0 Å². The number of amides is 1. The van der Waals surface area contributed by atoms with Crippen LogP contribution in [0.2, 0.25) is 0 Å². The van der Waals surface area contributed by atoms with E-state index < -0.39 is 11.7 Å². The van der Waals surface area contributed by atoms with Crippen molar-refractivity contribution in [2.45, 2.75) is 19.1 Å². The third kappa shape index (κ3) is 6.15. The number of carbonyl (C=O) groups is 1. The average Bonchev–Trinajstić information content (AvgIpc) is 2.92. The lowest BCUT2D eigenvalue weighted by molar-refractivity contribution is -0.137. The number of pyridine rings is 1. The highest BCUT2D eigenvalue weighted by Gasteiger charge is 2.31. The quantitative estimate of drug-likeness (QED) is 0.770. The molecule has 0 atom stereocenters. The maximum atomic E-state index is 12.9. The Morgan fingerprint density at radius 2 is 1.79 bits per heavy atom. The number of benzene rings is 1. The van der Waals surface area contributed by atoms with Gasteiger partial charge in [0.2, 0.25) is 5.91 Å². The number of aromatic nitrogens is 1. The van der Waals surface area contributed by atoms with Gasteiger partial charge in [-0.15, -0.1) is 0 Å². The van der Waals surface area contributed by atoms with Crippen molar-refractivity contribution in [1.82, 2.24) is 15.2 Å². The van der Waals surface area contributed by atoms with Gasteiger partial charge in [-0.25, -0.2) is 9.37 Å². The largest absolute Gasteiger partial charge is 0.417 e. The van der Waals surface area contributed by atoms with Gasteiger partial charge < -0.3 is 10.2 Å². The maximum Gasteiger partial charge on any atom is 0.417 e. The zero-order chi connectivity index (χ0) is 20.9. The normalized spacial score (nSPS) is 15.8. The number of carbonyl (C=O) groups excluding carboxylic acids is 1. The Hall–Kier alpha value is -2.68. The van der Waals surface area contributed by atoms with E-state index in [9.17, 15) is 22.4 Å². The van der Waals surface area contributed by atoms with Gasteiger partial charge >= 0.3 is 6.18 Å². The van der Waals surface area contributed by atoms with Crippen molar-refractivity contribution in [3.05, 3.63) is 59.5 Å². The van der Waals surface area contributed by atoms with Gasteiger partial charge in [-0.05, 0) is 36.2 Å². The van der Waals surface area contributed by atoms with Crippen LogP contribution >= 0.6 is 0 Å². The highest BCUT2D eigenvalue weighted by atomic mass is 19.4. The molecule has 2 heterocycles. The number of anilines is 1. The number of nitrogens with zero attached hydrogens (tertiary/aromatic N) is 3. The molecule has 0 aliphatic carbocycles. The summed E-state index contributed by atoms with van der Waals surface area (Å²) < 4.78 is 50.9. The number of hydrogen-bond donors (Lipinski definition) is 1. The predicted octanol–water partition coefficient (Wildman–Crippen LogP) is 3.07. The first-order valence-corrected chi connectivity index (χ1v) is 9.33. The summed E-state index contributed by atoms with van der Waals surface area (Å²) in [5, 5.41) is 2.81. The number of nitrogens with one attached hydrogen (secondary N) is 1. The summed E-state index contributed by atoms with van der Waals surface area (Å²) in [4.78, 5) is 20.1. The van der Waals surface area contributed by atoms with Gasteiger partial charge in [0.15, 0.2) is 0 Å². The highest BCUT2D eigenvalue weighted by Crippen LogP contribution is 2.29. The first-order chi connectivity index (χ1) is 13.8. The van der Waals surface area contributed by atoms with Gasteiger partial charge in [-0.3, -0.25) is 9.69 Å². The lowest BCUT2D eigenvalue weighted by atomic mass is 10.2. The molecule has 5 nitrogen and oxygen atoms in total. The molecule has 1 N–H and O–H groups in total. The van der Waals surface area contributed by atoms with Crippen LogP contribution in [0, 0.1) is 5.82 Å². The summed E-state index contributed by atoms with van der Waals surface area (Å²) in [6.45, 7) is 3.10. The molecule has 1 aromatic heterocycles. The van der Waals surface area contributed by atoms with Gasteiger partial charge in [0.25, 0.3) is 0 Å². The fraction of sp³-hybridized carbons (Fsp3) is 0.400. The summed E-state index contributed by atoms with van der Waals surface area (Å²) in [5.74, 6) is 0.0489. The van der Waals surface area contributed by atoms with Crippen molar-refractivity contribution in [2.75, 3.05) is 37.6 Å². The predicted molar refractivity (Wildman–Crippen MR) is 101 cm³/mol. The van der Waals surface area contributed by atoms with Gasteiger partial charge in [-0.1, -0.05) is 12.1 Å². The smallest absolute Gasteiger partial charge is 0.355 e. The molecular weight excluding hydrogens is 388 g/mol. The Balaban J connectivity index is 1.48. The van der Waals surface area contributed by atoms with E-state index in [1.54, 1.807) is 12.1 Å². The maximum absolute atomic E-state index is 12.9. The molecule has 3 rings (SSSR count). The second kappa shape index (κ2) is 9.21. The molecule has 1 amide bonds. The van der Waals surface area contributed by atoms with Crippen LogP contribution in [0.4, 0.5) is 23.4 Å². The molecule has 1 aromatic carbocycles. The summed E-state index contributed by atoms with van der Waals surface area (Å²) in [6.07, 6.45) is -2.78. The van der Waals surface area contributed by atoms with E-state index in [0.29, 0.717) is 38.5 Å². The molecule has 1 saturated heterocycles. The Morgan fingerprint density at radius 3 is 2.45 bits per heavy atom. The number of halogens is 4. The number of rotatable bonds is 5. The first kappa shape index (κ1) is 21.0. The minimum Gasteiger partial charge on any atom is -0.355 e. The van der Waals surface area contributed by atoms with E-state index in [-0.39, 0.29) is 18.3 Å². The third-order valence-electron chi connectivity index (χ3n) is 4.76. The molecular formula is C20H22F4N4O. The van der Waals surface area contributed by atoms with Crippen LogP contribution in [0.3, 0.4) is 0 Å². The summed E-state index contributed by atoms with van der Waals surface area (Å²) >= 11 is 0. The molecule has 0 unspecified atom stereocenters. The summed E-state index contributed by atoms with van der Waals surface area (Å²) in [5.41, 5.74) is 0.0469.